The van der Waals surface area contributed by atoms with Gasteiger partial charge in [0.25, 0.3) is 5.22 Å². The molecule has 1 aromatic heterocycles. The summed E-state index contributed by atoms with van der Waals surface area (Å²) in [5, 5.41) is 8.35. The monoisotopic (exact) mass is 419 g/mol. The van der Waals surface area contributed by atoms with Gasteiger partial charge in [0.15, 0.2) is 11.5 Å². The Morgan fingerprint density at radius 2 is 2.14 bits per heavy atom. The van der Waals surface area contributed by atoms with Crippen molar-refractivity contribution in [1.82, 2.24) is 15.1 Å². The van der Waals surface area contributed by atoms with Crippen LogP contribution in [0.15, 0.2) is 27.8 Å². The zero-order valence-corrected chi connectivity index (χ0v) is 16.8. The number of aromatic nitrogens is 2. The molecule has 1 saturated heterocycles. The van der Waals surface area contributed by atoms with Gasteiger partial charge in [-0.2, -0.15) is 0 Å². The molecule has 2 aliphatic heterocycles. The van der Waals surface area contributed by atoms with Crippen LogP contribution in [0.25, 0.3) is 11.5 Å². The van der Waals surface area contributed by atoms with E-state index in [1.54, 1.807) is 24.0 Å². The second-order valence-electron chi connectivity index (χ2n) is 6.66. The van der Waals surface area contributed by atoms with Crippen molar-refractivity contribution < 1.29 is 28.2 Å². The van der Waals surface area contributed by atoms with Gasteiger partial charge in [-0.1, -0.05) is 11.8 Å². The number of carbonyl (C=O) groups excluding carboxylic acids is 2. The van der Waals surface area contributed by atoms with Gasteiger partial charge in [-0.15, -0.1) is 10.2 Å². The lowest BCUT2D eigenvalue weighted by atomic mass is 9.98. The van der Waals surface area contributed by atoms with Gasteiger partial charge in [-0.3, -0.25) is 9.59 Å². The van der Waals surface area contributed by atoms with E-state index in [-0.39, 0.29) is 30.3 Å². The van der Waals surface area contributed by atoms with Crippen molar-refractivity contribution in [3.63, 3.8) is 0 Å². The Balaban J connectivity index is 1.32. The highest BCUT2D eigenvalue weighted by atomic mass is 32.2. The summed E-state index contributed by atoms with van der Waals surface area (Å²) >= 11 is 1.18. The minimum absolute atomic E-state index is 0.0631. The van der Waals surface area contributed by atoms with Crippen molar-refractivity contribution in [3.8, 4) is 23.0 Å². The fraction of sp³-hybridized carbons (Fsp3) is 0.474. The van der Waals surface area contributed by atoms with Crippen molar-refractivity contribution in [3.05, 3.63) is 18.2 Å². The Hall–Kier alpha value is -2.75. The van der Waals surface area contributed by atoms with Crippen LogP contribution >= 0.6 is 11.8 Å². The lowest BCUT2D eigenvalue weighted by Crippen LogP contribution is -2.43. The average molecular weight is 419 g/mol. The van der Waals surface area contributed by atoms with E-state index in [9.17, 15) is 9.59 Å². The van der Waals surface area contributed by atoms with Gasteiger partial charge < -0.3 is 23.5 Å². The summed E-state index contributed by atoms with van der Waals surface area (Å²) in [6.07, 6.45) is 1.53. The molecule has 0 aliphatic carbocycles. The van der Waals surface area contributed by atoms with Crippen LogP contribution in [0.4, 0.5) is 0 Å². The predicted molar refractivity (Wildman–Crippen MR) is 103 cm³/mol. The highest BCUT2D eigenvalue weighted by Gasteiger charge is 2.29. The van der Waals surface area contributed by atoms with Crippen LogP contribution in [-0.4, -0.2) is 59.2 Å². The Labute approximate surface area is 171 Å². The molecule has 1 aromatic carbocycles. The molecule has 2 aliphatic rings. The number of rotatable bonds is 6. The number of fused-ring (bicyclic) bond motifs is 1. The first-order valence-electron chi connectivity index (χ1n) is 9.44. The summed E-state index contributed by atoms with van der Waals surface area (Å²) in [6, 6.07) is 5.37. The number of carbonyl (C=O) groups is 2. The van der Waals surface area contributed by atoms with Gasteiger partial charge in [0.05, 0.1) is 18.3 Å². The van der Waals surface area contributed by atoms with Crippen molar-refractivity contribution in [2.24, 2.45) is 5.92 Å². The molecule has 4 rings (SSSR count). The number of benzene rings is 1. The van der Waals surface area contributed by atoms with E-state index in [2.05, 4.69) is 10.2 Å². The number of nitrogens with zero attached hydrogens (tertiary/aromatic N) is 3. The minimum Gasteiger partial charge on any atom is -0.466 e. The first kappa shape index (κ1) is 19.6. The molecule has 10 heteroatoms. The maximum Gasteiger partial charge on any atom is 0.310 e. The summed E-state index contributed by atoms with van der Waals surface area (Å²) in [5.41, 5.74) is 0.716. The summed E-state index contributed by atoms with van der Waals surface area (Å²) < 4.78 is 21.4. The normalized spacial score (nSPS) is 18.0. The summed E-state index contributed by atoms with van der Waals surface area (Å²) in [7, 11) is 0. The standard InChI is InChI=1S/C19H21N3O6S/c1-2-25-18(24)13-4-3-7-22(9-13)16(23)10-29-19-21-20-17(28-19)12-5-6-14-15(8-12)27-11-26-14/h5-6,8,13H,2-4,7,9-11H2,1H3/t13-/m1/s1. The molecule has 1 atom stereocenters. The molecule has 0 radical (unpaired) electrons. The second-order valence-corrected chi connectivity index (χ2v) is 7.59. The molecule has 0 unspecified atom stereocenters. The SMILES string of the molecule is CCOC(=O)[C@@H]1CCCN(C(=O)CSc2nnc(-c3ccc4c(c3)OCO4)o2)C1. The first-order valence-corrected chi connectivity index (χ1v) is 10.4. The molecule has 154 valence electrons. The minimum atomic E-state index is -0.251. The number of esters is 1. The van der Waals surface area contributed by atoms with Crippen LogP contribution in [0, 0.1) is 5.92 Å². The fourth-order valence-corrected chi connectivity index (χ4v) is 3.95. The van der Waals surface area contributed by atoms with Gasteiger partial charge >= 0.3 is 5.97 Å². The largest absolute Gasteiger partial charge is 0.466 e. The van der Waals surface area contributed by atoms with Crippen LogP contribution in [0.5, 0.6) is 11.5 Å². The molecule has 9 nitrogen and oxygen atoms in total. The van der Waals surface area contributed by atoms with E-state index in [1.165, 1.54) is 11.8 Å². The van der Waals surface area contributed by atoms with Crippen molar-refractivity contribution in [1.29, 1.82) is 0 Å². The number of thioether (sulfide) groups is 1. The molecule has 1 fully saturated rings. The smallest absolute Gasteiger partial charge is 0.310 e. The van der Waals surface area contributed by atoms with Crippen molar-refractivity contribution in [2.45, 2.75) is 25.0 Å². The number of piperidine rings is 1. The second kappa shape index (κ2) is 8.73. The summed E-state index contributed by atoms with van der Waals surface area (Å²) in [4.78, 5) is 26.2. The highest BCUT2D eigenvalue weighted by Crippen LogP contribution is 2.36. The summed E-state index contributed by atoms with van der Waals surface area (Å²) in [6.45, 7) is 3.36. The van der Waals surface area contributed by atoms with Crippen molar-refractivity contribution >= 4 is 23.6 Å². The van der Waals surface area contributed by atoms with E-state index >= 15 is 0 Å². The van der Waals surface area contributed by atoms with Crippen molar-refractivity contribution in [2.75, 3.05) is 32.2 Å². The number of hydrogen-bond acceptors (Lipinski definition) is 9. The Morgan fingerprint density at radius 1 is 1.28 bits per heavy atom. The van der Waals surface area contributed by atoms with Gasteiger partial charge in [0.1, 0.15) is 0 Å². The quantitative estimate of drug-likeness (QED) is 0.515. The van der Waals surface area contributed by atoms with E-state index in [4.69, 9.17) is 18.6 Å². The molecule has 1 amide bonds. The number of ether oxygens (including phenoxy) is 3. The lowest BCUT2D eigenvalue weighted by molar-refractivity contribution is -0.151. The number of likely N-dealkylation sites (tertiary alicyclic amines) is 1. The van der Waals surface area contributed by atoms with Gasteiger partial charge in [-0.05, 0) is 38.0 Å². The predicted octanol–water partition coefficient (Wildman–Crippen LogP) is 2.36. The van der Waals surface area contributed by atoms with E-state index in [1.807, 2.05) is 6.07 Å². The molecular formula is C19H21N3O6S. The molecular weight excluding hydrogens is 398 g/mol. The van der Waals surface area contributed by atoms with Gasteiger partial charge in [0, 0.05) is 18.7 Å². The molecule has 0 N–H and O–H groups in total. The molecule has 29 heavy (non-hydrogen) atoms. The van der Waals surface area contributed by atoms with E-state index in [0.29, 0.717) is 47.9 Å². The topological polar surface area (TPSA) is 104 Å². The maximum absolute atomic E-state index is 12.5. The van der Waals surface area contributed by atoms with Crippen LogP contribution in [0.1, 0.15) is 19.8 Å². The Kier molecular flexibility index (Phi) is 5.89. The molecule has 0 spiro atoms. The van der Waals surface area contributed by atoms with Crippen LogP contribution in [0.3, 0.4) is 0 Å². The third-order valence-electron chi connectivity index (χ3n) is 4.74. The lowest BCUT2D eigenvalue weighted by Gasteiger charge is -2.31. The summed E-state index contributed by atoms with van der Waals surface area (Å²) in [5.74, 6) is 1.27. The molecule has 2 aromatic rings. The number of hydrogen-bond donors (Lipinski definition) is 0. The highest BCUT2D eigenvalue weighted by molar-refractivity contribution is 7.99. The van der Waals surface area contributed by atoms with Gasteiger partial charge in [-0.25, -0.2) is 0 Å². The number of amides is 1. The molecule has 0 saturated carbocycles. The molecule has 0 bridgehead atoms. The van der Waals surface area contributed by atoms with E-state index in [0.717, 1.165) is 12.8 Å². The Morgan fingerprint density at radius 3 is 3.00 bits per heavy atom. The Bertz CT molecular complexity index is 902. The van der Waals surface area contributed by atoms with E-state index < -0.39 is 0 Å². The average Bonchev–Trinajstić information content (AvgIpc) is 3.41. The van der Waals surface area contributed by atoms with Crippen LogP contribution < -0.4 is 9.47 Å². The zero-order valence-electron chi connectivity index (χ0n) is 16.0. The van der Waals surface area contributed by atoms with Crippen LogP contribution in [0.2, 0.25) is 0 Å². The van der Waals surface area contributed by atoms with Crippen LogP contribution in [-0.2, 0) is 14.3 Å². The molecule has 3 heterocycles. The zero-order chi connectivity index (χ0) is 20.2. The third kappa shape index (κ3) is 4.47. The maximum atomic E-state index is 12.5. The van der Waals surface area contributed by atoms with Gasteiger partial charge in [0.2, 0.25) is 18.6 Å². The fourth-order valence-electron chi connectivity index (χ4n) is 3.29. The third-order valence-corrected chi connectivity index (χ3v) is 5.54. The first-order chi connectivity index (χ1) is 14.1.